The first-order valence-corrected chi connectivity index (χ1v) is 6.52. The van der Waals surface area contributed by atoms with Crippen LogP contribution in [0.25, 0.3) is 0 Å². The van der Waals surface area contributed by atoms with E-state index < -0.39 is 0 Å². The molecule has 0 bridgehead atoms. The highest BCUT2D eigenvalue weighted by molar-refractivity contribution is 6.11. The van der Waals surface area contributed by atoms with Gasteiger partial charge in [0.2, 0.25) is 0 Å². The highest BCUT2D eigenvalue weighted by atomic mass is 14.4. The van der Waals surface area contributed by atoms with Crippen LogP contribution in [0.4, 0.5) is 0 Å². The van der Waals surface area contributed by atoms with Crippen LogP contribution in [0.2, 0.25) is 0 Å². The van der Waals surface area contributed by atoms with Crippen LogP contribution in [-0.2, 0) is 12.8 Å². The smallest absolute Gasteiger partial charge is 0.0687 e. The molecule has 1 heteroatoms. The Morgan fingerprint density at radius 2 is 1.67 bits per heavy atom. The van der Waals surface area contributed by atoms with Crippen molar-refractivity contribution in [2.45, 2.75) is 26.7 Å². The van der Waals surface area contributed by atoms with Crippen LogP contribution < -0.4 is 0 Å². The minimum Gasteiger partial charge on any atom is -0.300 e. The quantitative estimate of drug-likeness (QED) is 0.770. The van der Waals surface area contributed by atoms with E-state index in [1.54, 1.807) is 0 Å². The zero-order valence-electron chi connectivity index (χ0n) is 11.0. The zero-order chi connectivity index (χ0) is 13.0. The SMILES string of the molecule is CCc1ccc(C(=N)c2ccccc2)c(CC)c1. The summed E-state index contributed by atoms with van der Waals surface area (Å²) in [5, 5.41) is 8.34. The summed E-state index contributed by atoms with van der Waals surface area (Å²) in [6.45, 7) is 4.31. The van der Waals surface area contributed by atoms with Gasteiger partial charge in [-0.25, -0.2) is 0 Å². The van der Waals surface area contributed by atoms with Crippen molar-refractivity contribution >= 4 is 5.71 Å². The van der Waals surface area contributed by atoms with E-state index in [1.807, 2.05) is 30.3 Å². The molecule has 18 heavy (non-hydrogen) atoms. The molecule has 0 aliphatic rings. The van der Waals surface area contributed by atoms with Crippen LogP contribution in [0.15, 0.2) is 48.5 Å². The summed E-state index contributed by atoms with van der Waals surface area (Å²) in [4.78, 5) is 0. The fraction of sp³-hybridized carbons (Fsp3) is 0.235. The van der Waals surface area contributed by atoms with Crippen LogP contribution in [0.1, 0.15) is 36.1 Å². The summed E-state index contributed by atoms with van der Waals surface area (Å²) < 4.78 is 0. The van der Waals surface area contributed by atoms with Crippen molar-refractivity contribution in [2.24, 2.45) is 0 Å². The molecule has 0 saturated carbocycles. The Labute approximate surface area is 109 Å². The molecule has 2 aromatic rings. The lowest BCUT2D eigenvalue weighted by molar-refractivity contribution is 1.08. The number of hydrogen-bond acceptors (Lipinski definition) is 1. The van der Waals surface area contributed by atoms with E-state index in [-0.39, 0.29) is 0 Å². The Hall–Kier alpha value is -1.89. The van der Waals surface area contributed by atoms with Gasteiger partial charge in [0.1, 0.15) is 0 Å². The second kappa shape index (κ2) is 5.63. The molecule has 92 valence electrons. The highest BCUT2D eigenvalue weighted by Gasteiger charge is 2.09. The van der Waals surface area contributed by atoms with Gasteiger partial charge in [-0.15, -0.1) is 0 Å². The van der Waals surface area contributed by atoms with Crippen LogP contribution in [0, 0.1) is 5.41 Å². The van der Waals surface area contributed by atoms with E-state index in [2.05, 4.69) is 32.0 Å². The van der Waals surface area contributed by atoms with Gasteiger partial charge in [0, 0.05) is 11.1 Å². The third kappa shape index (κ3) is 2.51. The van der Waals surface area contributed by atoms with Crippen molar-refractivity contribution in [3.05, 3.63) is 70.8 Å². The molecule has 0 heterocycles. The molecule has 0 aliphatic heterocycles. The molecule has 0 aliphatic carbocycles. The summed E-state index contributed by atoms with van der Waals surface area (Å²) in [6.07, 6.45) is 2.02. The molecule has 0 aromatic heterocycles. The standard InChI is InChI=1S/C17H19N/c1-3-13-10-11-16(14(4-2)12-13)17(18)15-8-6-5-7-9-15/h5-12,18H,3-4H2,1-2H3. The van der Waals surface area contributed by atoms with E-state index in [0.29, 0.717) is 5.71 Å². The first kappa shape index (κ1) is 12.6. The maximum Gasteiger partial charge on any atom is 0.0687 e. The fourth-order valence-electron chi connectivity index (χ4n) is 2.16. The van der Waals surface area contributed by atoms with Gasteiger partial charge in [0.25, 0.3) is 0 Å². The first-order valence-electron chi connectivity index (χ1n) is 6.52. The second-order valence-corrected chi connectivity index (χ2v) is 4.44. The summed E-state index contributed by atoms with van der Waals surface area (Å²) >= 11 is 0. The predicted molar refractivity (Wildman–Crippen MR) is 77.6 cm³/mol. The Morgan fingerprint density at radius 1 is 0.944 bits per heavy atom. The van der Waals surface area contributed by atoms with Crippen molar-refractivity contribution in [2.75, 3.05) is 0 Å². The van der Waals surface area contributed by atoms with Crippen LogP contribution in [0.5, 0.6) is 0 Å². The molecule has 2 rings (SSSR count). The van der Waals surface area contributed by atoms with Crippen molar-refractivity contribution in [1.29, 1.82) is 5.41 Å². The zero-order valence-corrected chi connectivity index (χ0v) is 11.0. The van der Waals surface area contributed by atoms with Crippen molar-refractivity contribution in [3.63, 3.8) is 0 Å². The molecule has 2 aromatic carbocycles. The van der Waals surface area contributed by atoms with Gasteiger partial charge >= 0.3 is 0 Å². The number of aryl methyl sites for hydroxylation is 2. The van der Waals surface area contributed by atoms with Crippen LogP contribution >= 0.6 is 0 Å². The molecule has 0 amide bonds. The van der Waals surface area contributed by atoms with Crippen molar-refractivity contribution in [1.82, 2.24) is 0 Å². The maximum atomic E-state index is 8.34. The largest absolute Gasteiger partial charge is 0.300 e. The Balaban J connectivity index is 2.42. The Kier molecular flexibility index (Phi) is 3.93. The van der Waals surface area contributed by atoms with Gasteiger partial charge in [-0.1, -0.05) is 62.4 Å². The van der Waals surface area contributed by atoms with Crippen molar-refractivity contribution < 1.29 is 0 Å². The van der Waals surface area contributed by atoms with Gasteiger partial charge in [-0.3, -0.25) is 5.41 Å². The summed E-state index contributed by atoms with van der Waals surface area (Å²) in [5.41, 5.74) is 5.27. The lowest BCUT2D eigenvalue weighted by atomic mass is 9.94. The number of rotatable bonds is 4. The van der Waals surface area contributed by atoms with Crippen LogP contribution in [-0.4, -0.2) is 5.71 Å². The molecule has 0 radical (unpaired) electrons. The van der Waals surface area contributed by atoms with Crippen LogP contribution in [0.3, 0.4) is 0 Å². The molecular formula is C17H19N. The van der Waals surface area contributed by atoms with E-state index in [9.17, 15) is 0 Å². The van der Waals surface area contributed by atoms with E-state index in [1.165, 1.54) is 11.1 Å². The minimum atomic E-state index is 0.620. The molecular weight excluding hydrogens is 218 g/mol. The minimum absolute atomic E-state index is 0.620. The molecule has 0 atom stereocenters. The first-order chi connectivity index (χ1) is 8.76. The summed E-state index contributed by atoms with van der Waals surface area (Å²) in [5.74, 6) is 0. The van der Waals surface area contributed by atoms with Gasteiger partial charge in [0.05, 0.1) is 5.71 Å². The average Bonchev–Trinajstić information content (AvgIpc) is 2.46. The molecule has 0 saturated heterocycles. The van der Waals surface area contributed by atoms with E-state index in [4.69, 9.17) is 5.41 Å². The number of benzene rings is 2. The number of nitrogens with one attached hydrogen (secondary N) is 1. The second-order valence-electron chi connectivity index (χ2n) is 4.44. The van der Waals surface area contributed by atoms with Gasteiger partial charge in [0.15, 0.2) is 0 Å². The van der Waals surface area contributed by atoms with Crippen molar-refractivity contribution in [3.8, 4) is 0 Å². The van der Waals surface area contributed by atoms with Gasteiger partial charge in [-0.05, 0) is 24.0 Å². The molecule has 1 N–H and O–H groups in total. The van der Waals surface area contributed by atoms with Gasteiger partial charge in [-0.2, -0.15) is 0 Å². The topological polar surface area (TPSA) is 23.9 Å². The third-order valence-electron chi connectivity index (χ3n) is 3.29. The van der Waals surface area contributed by atoms with E-state index in [0.717, 1.165) is 24.0 Å². The highest BCUT2D eigenvalue weighted by Crippen LogP contribution is 2.17. The summed E-state index contributed by atoms with van der Waals surface area (Å²) in [7, 11) is 0. The monoisotopic (exact) mass is 237 g/mol. The van der Waals surface area contributed by atoms with Gasteiger partial charge < -0.3 is 0 Å². The molecule has 1 nitrogen and oxygen atoms in total. The summed E-state index contributed by atoms with van der Waals surface area (Å²) in [6, 6.07) is 16.4. The Bertz CT molecular complexity index is 541. The molecule has 0 spiro atoms. The molecule has 0 fully saturated rings. The average molecular weight is 237 g/mol. The number of hydrogen-bond donors (Lipinski definition) is 1. The normalized spacial score (nSPS) is 10.3. The Morgan fingerprint density at radius 3 is 2.28 bits per heavy atom. The predicted octanol–water partition coefficient (Wildman–Crippen LogP) is 4.23. The molecule has 0 unspecified atom stereocenters. The lowest BCUT2D eigenvalue weighted by Crippen LogP contribution is -2.05. The lowest BCUT2D eigenvalue weighted by Gasteiger charge is -2.11. The fourth-order valence-corrected chi connectivity index (χ4v) is 2.16. The maximum absolute atomic E-state index is 8.34. The third-order valence-corrected chi connectivity index (χ3v) is 3.29. The van der Waals surface area contributed by atoms with E-state index >= 15 is 0 Å².